The van der Waals surface area contributed by atoms with Crippen LogP contribution < -0.4 is 11.0 Å². The van der Waals surface area contributed by atoms with Gasteiger partial charge in [-0.3, -0.25) is 9.36 Å². The smallest absolute Gasteiger partial charge is 0.343 e. The van der Waals surface area contributed by atoms with Gasteiger partial charge in [-0.1, -0.05) is 23.8 Å². The van der Waals surface area contributed by atoms with Gasteiger partial charge < -0.3 is 9.84 Å². The Morgan fingerprint density at radius 3 is 3.05 bits per heavy atom. The molecule has 0 saturated heterocycles. The topological polar surface area (TPSA) is 106 Å². The van der Waals surface area contributed by atoms with Gasteiger partial charge in [-0.05, 0) is 13.3 Å². The molecule has 8 nitrogen and oxygen atoms in total. The first kappa shape index (κ1) is 15.4. The maximum absolute atomic E-state index is 11.7. The van der Waals surface area contributed by atoms with Gasteiger partial charge in [-0.15, -0.1) is 5.10 Å². The first-order chi connectivity index (χ1) is 10.1. The Morgan fingerprint density at radius 1 is 1.57 bits per heavy atom. The minimum atomic E-state index is -0.220. The van der Waals surface area contributed by atoms with E-state index in [0.29, 0.717) is 35.5 Å². The fourth-order valence-electron chi connectivity index (χ4n) is 1.70. The summed E-state index contributed by atoms with van der Waals surface area (Å²) in [7, 11) is 0. The molecule has 1 amide bonds. The molecule has 2 heterocycles. The van der Waals surface area contributed by atoms with Gasteiger partial charge in [0.15, 0.2) is 11.0 Å². The highest BCUT2D eigenvalue weighted by atomic mass is 32.2. The van der Waals surface area contributed by atoms with Gasteiger partial charge in [0.05, 0.1) is 0 Å². The zero-order valence-electron chi connectivity index (χ0n) is 11.9. The van der Waals surface area contributed by atoms with Crippen molar-refractivity contribution in [1.82, 2.24) is 19.9 Å². The van der Waals surface area contributed by atoms with Crippen molar-refractivity contribution in [2.45, 2.75) is 38.4 Å². The van der Waals surface area contributed by atoms with Crippen LogP contribution in [0.2, 0.25) is 0 Å². The number of rotatable bonds is 7. The molecule has 21 heavy (non-hydrogen) atoms. The molecule has 0 saturated carbocycles. The van der Waals surface area contributed by atoms with Crippen molar-refractivity contribution in [2.24, 2.45) is 0 Å². The molecule has 0 bridgehead atoms. The van der Waals surface area contributed by atoms with Crippen molar-refractivity contribution in [3.63, 3.8) is 0 Å². The van der Waals surface area contributed by atoms with E-state index >= 15 is 0 Å². The second kappa shape index (κ2) is 7.11. The summed E-state index contributed by atoms with van der Waals surface area (Å²) in [5.41, 5.74) is -0.220. The Bertz CT molecular complexity index is 660. The van der Waals surface area contributed by atoms with E-state index in [1.54, 1.807) is 17.6 Å². The zero-order chi connectivity index (χ0) is 15.2. The summed E-state index contributed by atoms with van der Waals surface area (Å²) < 4.78 is 6.44. The first-order valence-corrected chi connectivity index (χ1v) is 7.60. The molecule has 0 atom stereocenters. The largest absolute Gasteiger partial charge is 0.360 e. The average molecular weight is 311 g/mol. The normalized spacial score (nSPS) is 10.8. The molecule has 2 N–H and O–H groups in total. The van der Waals surface area contributed by atoms with Crippen LogP contribution in [0.5, 0.6) is 0 Å². The molecular formula is C12H17N5O3S. The number of anilines is 1. The van der Waals surface area contributed by atoms with Gasteiger partial charge in [0.2, 0.25) is 5.91 Å². The van der Waals surface area contributed by atoms with Gasteiger partial charge in [0.25, 0.3) is 0 Å². The van der Waals surface area contributed by atoms with Crippen LogP contribution >= 0.6 is 11.8 Å². The number of nitrogens with zero attached hydrogens (tertiary/aromatic N) is 3. The van der Waals surface area contributed by atoms with Gasteiger partial charge in [0.1, 0.15) is 5.76 Å². The van der Waals surface area contributed by atoms with Gasteiger partial charge in [0, 0.05) is 24.8 Å². The minimum absolute atomic E-state index is 0.157. The molecule has 0 aliphatic heterocycles. The average Bonchev–Trinajstić information content (AvgIpc) is 2.99. The third-order valence-corrected chi connectivity index (χ3v) is 3.60. The van der Waals surface area contributed by atoms with Gasteiger partial charge >= 0.3 is 5.69 Å². The summed E-state index contributed by atoms with van der Waals surface area (Å²) in [4.78, 5) is 23.2. The second-order valence-electron chi connectivity index (χ2n) is 4.43. The molecule has 2 aromatic rings. The molecule has 0 fully saturated rings. The molecule has 114 valence electrons. The van der Waals surface area contributed by atoms with Crippen LogP contribution in [0.15, 0.2) is 20.5 Å². The summed E-state index contributed by atoms with van der Waals surface area (Å²) in [6.07, 6.45) is 1.14. The van der Waals surface area contributed by atoms with E-state index in [2.05, 4.69) is 20.7 Å². The Balaban J connectivity index is 1.81. The maximum atomic E-state index is 11.7. The van der Waals surface area contributed by atoms with Crippen molar-refractivity contribution < 1.29 is 9.32 Å². The Morgan fingerprint density at radius 2 is 2.38 bits per heavy atom. The minimum Gasteiger partial charge on any atom is -0.360 e. The van der Waals surface area contributed by atoms with Crippen molar-refractivity contribution in [2.75, 3.05) is 11.1 Å². The number of amides is 1. The molecule has 0 aliphatic carbocycles. The molecule has 0 spiro atoms. The Kier molecular flexibility index (Phi) is 5.20. The highest BCUT2D eigenvalue weighted by Crippen LogP contribution is 2.15. The maximum Gasteiger partial charge on any atom is 0.343 e. The highest BCUT2D eigenvalue weighted by molar-refractivity contribution is 7.99. The summed E-state index contributed by atoms with van der Waals surface area (Å²) in [6.45, 7) is 4.35. The van der Waals surface area contributed by atoms with E-state index in [1.807, 2.05) is 6.92 Å². The lowest BCUT2D eigenvalue weighted by atomic mass is 10.4. The summed E-state index contributed by atoms with van der Waals surface area (Å²) in [5, 5.41) is 13.3. The van der Waals surface area contributed by atoms with E-state index in [4.69, 9.17) is 4.52 Å². The van der Waals surface area contributed by atoms with Crippen LogP contribution in [0.3, 0.4) is 0 Å². The molecule has 2 aromatic heterocycles. The molecule has 9 heteroatoms. The van der Waals surface area contributed by atoms with Crippen molar-refractivity contribution in [1.29, 1.82) is 0 Å². The fraction of sp³-hybridized carbons (Fsp3) is 0.500. The van der Waals surface area contributed by atoms with Gasteiger partial charge in [-0.2, -0.15) is 0 Å². The number of carbonyl (C=O) groups is 1. The molecule has 0 aromatic carbocycles. The summed E-state index contributed by atoms with van der Waals surface area (Å²) >= 11 is 1.37. The lowest BCUT2D eigenvalue weighted by Gasteiger charge is -2.03. The van der Waals surface area contributed by atoms with E-state index in [0.717, 1.165) is 6.42 Å². The second-order valence-corrected chi connectivity index (χ2v) is 5.49. The van der Waals surface area contributed by atoms with Crippen LogP contribution in [0.25, 0.3) is 0 Å². The third-order valence-electron chi connectivity index (χ3n) is 2.63. The van der Waals surface area contributed by atoms with E-state index in [-0.39, 0.29) is 11.6 Å². The number of aromatic amines is 1. The standard InChI is InChI=1S/C12H17N5O3S/c1-3-5-17-11(19)14-15-12(17)21-6-4-10(18)13-9-7-8(2)20-16-9/h7H,3-6H2,1-2H3,(H,14,19)(H,13,16,18). The number of carbonyl (C=O) groups excluding carboxylic acids is 1. The molecule has 2 rings (SSSR count). The number of H-pyrrole nitrogens is 1. The number of hydrogen-bond acceptors (Lipinski definition) is 6. The van der Waals surface area contributed by atoms with Crippen LogP contribution in [0.1, 0.15) is 25.5 Å². The lowest BCUT2D eigenvalue weighted by molar-refractivity contribution is -0.115. The fourth-order valence-corrected chi connectivity index (χ4v) is 2.61. The molecule has 0 radical (unpaired) electrons. The van der Waals surface area contributed by atoms with E-state index in [1.165, 1.54) is 11.8 Å². The van der Waals surface area contributed by atoms with E-state index in [9.17, 15) is 9.59 Å². The van der Waals surface area contributed by atoms with Crippen LogP contribution in [-0.4, -0.2) is 31.6 Å². The lowest BCUT2D eigenvalue weighted by Crippen LogP contribution is -2.17. The quantitative estimate of drug-likeness (QED) is 0.749. The van der Waals surface area contributed by atoms with E-state index < -0.39 is 0 Å². The van der Waals surface area contributed by atoms with Crippen LogP contribution in [0, 0.1) is 6.92 Å². The number of aryl methyl sites for hydroxylation is 1. The predicted octanol–water partition coefficient (Wildman–Crippen LogP) is 1.40. The summed E-state index contributed by atoms with van der Waals surface area (Å²) in [6, 6.07) is 1.65. The van der Waals surface area contributed by atoms with Gasteiger partial charge in [-0.25, -0.2) is 9.89 Å². The Labute approximate surface area is 125 Å². The molecular weight excluding hydrogens is 294 g/mol. The molecule has 0 unspecified atom stereocenters. The number of hydrogen-bond donors (Lipinski definition) is 2. The third kappa shape index (κ3) is 4.22. The predicted molar refractivity (Wildman–Crippen MR) is 78.3 cm³/mol. The number of thioether (sulfide) groups is 1. The SMILES string of the molecule is CCCn1c(SCCC(=O)Nc2cc(C)on2)n[nH]c1=O. The highest BCUT2D eigenvalue weighted by Gasteiger charge is 2.10. The zero-order valence-corrected chi connectivity index (χ0v) is 12.7. The Hall–Kier alpha value is -2.03. The van der Waals surface area contributed by atoms with Crippen molar-refractivity contribution >= 4 is 23.5 Å². The van der Waals surface area contributed by atoms with Crippen LogP contribution in [-0.2, 0) is 11.3 Å². The van der Waals surface area contributed by atoms with Crippen molar-refractivity contribution in [3.8, 4) is 0 Å². The number of aromatic nitrogens is 4. The monoisotopic (exact) mass is 311 g/mol. The number of nitrogens with one attached hydrogen (secondary N) is 2. The first-order valence-electron chi connectivity index (χ1n) is 6.61. The van der Waals surface area contributed by atoms with Crippen LogP contribution in [0.4, 0.5) is 5.82 Å². The molecule has 0 aliphatic rings. The summed E-state index contributed by atoms with van der Waals surface area (Å²) in [5.74, 6) is 1.41. The van der Waals surface area contributed by atoms with Crippen molar-refractivity contribution in [3.05, 3.63) is 22.3 Å².